The van der Waals surface area contributed by atoms with Crippen LogP contribution in [-0.4, -0.2) is 5.11 Å². The van der Waals surface area contributed by atoms with Gasteiger partial charge in [0.2, 0.25) is 0 Å². The molecule has 114 valence electrons. The Morgan fingerprint density at radius 3 is 2.43 bits per heavy atom. The summed E-state index contributed by atoms with van der Waals surface area (Å²) in [5.41, 5.74) is 1.10. The molecule has 0 amide bonds. The fourth-order valence-corrected chi connectivity index (χ4v) is 3.06. The highest BCUT2D eigenvalue weighted by Crippen LogP contribution is 2.35. The zero-order valence-electron chi connectivity index (χ0n) is 13.4. The Bertz CT molecular complexity index is 559. The third-order valence-electron chi connectivity index (χ3n) is 4.45. The summed E-state index contributed by atoms with van der Waals surface area (Å²) in [5.74, 6) is 0.910. The normalized spacial score (nSPS) is 12.7. The molecule has 0 aliphatic rings. The minimum atomic E-state index is 0.431. The van der Waals surface area contributed by atoms with Crippen LogP contribution in [0, 0.1) is 0 Å². The lowest BCUT2D eigenvalue weighted by molar-refractivity contribution is 0.463. The summed E-state index contributed by atoms with van der Waals surface area (Å²) in [6, 6.07) is 12.3. The Morgan fingerprint density at radius 2 is 1.62 bits per heavy atom. The number of hydrogen-bond donors (Lipinski definition) is 1. The van der Waals surface area contributed by atoms with Crippen molar-refractivity contribution in [2.45, 2.75) is 64.7 Å². The number of phenolic OH excluding ortho intramolecular Hbond substituents is 1. The highest BCUT2D eigenvalue weighted by Gasteiger charge is 2.12. The lowest BCUT2D eigenvalue weighted by Gasteiger charge is -2.15. The van der Waals surface area contributed by atoms with Crippen LogP contribution in [-0.2, 0) is 0 Å². The van der Waals surface area contributed by atoms with E-state index >= 15 is 0 Å². The number of rotatable bonds is 8. The molecule has 0 aliphatic heterocycles. The molecule has 2 aromatic rings. The first kappa shape index (κ1) is 15.9. The van der Waals surface area contributed by atoms with E-state index in [-0.39, 0.29) is 0 Å². The predicted octanol–water partition coefficient (Wildman–Crippen LogP) is 6.40. The average Bonchev–Trinajstić information content (AvgIpc) is 2.51. The van der Waals surface area contributed by atoms with E-state index in [4.69, 9.17) is 0 Å². The van der Waals surface area contributed by atoms with Crippen LogP contribution in [0.4, 0.5) is 0 Å². The highest BCUT2D eigenvalue weighted by atomic mass is 16.3. The van der Waals surface area contributed by atoms with Crippen LogP contribution >= 0.6 is 0 Å². The molecule has 0 saturated heterocycles. The van der Waals surface area contributed by atoms with E-state index in [0.717, 1.165) is 22.8 Å². The Balaban J connectivity index is 1.93. The molecular weight excluding hydrogens is 256 g/mol. The van der Waals surface area contributed by atoms with E-state index in [1.165, 1.54) is 38.5 Å². The third kappa shape index (κ3) is 4.23. The number of unbranched alkanes of at least 4 members (excludes halogenated alkanes) is 5. The van der Waals surface area contributed by atoms with E-state index in [0.29, 0.717) is 11.7 Å². The van der Waals surface area contributed by atoms with Gasteiger partial charge in [0.25, 0.3) is 0 Å². The molecule has 0 aromatic heterocycles. The molecule has 1 unspecified atom stereocenters. The number of fused-ring (bicyclic) bond motifs is 1. The Hall–Kier alpha value is -1.50. The summed E-state index contributed by atoms with van der Waals surface area (Å²) in [6.07, 6.45) is 9.13. The van der Waals surface area contributed by atoms with Crippen LogP contribution in [0.5, 0.6) is 5.75 Å². The van der Waals surface area contributed by atoms with Gasteiger partial charge in [-0.25, -0.2) is 0 Å². The van der Waals surface area contributed by atoms with Crippen molar-refractivity contribution in [3.8, 4) is 5.75 Å². The van der Waals surface area contributed by atoms with Crippen molar-refractivity contribution in [1.29, 1.82) is 0 Å². The van der Waals surface area contributed by atoms with Crippen LogP contribution in [0.3, 0.4) is 0 Å². The molecule has 1 atom stereocenters. The van der Waals surface area contributed by atoms with Gasteiger partial charge in [-0.1, -0.05) is 88.8 Å². The molecule has 21 heavy (non-hydrogen) atoms. The predicted molar refractivity (Wildman–Crippen MR) is 92.0 cm³/mol. The first-order valence-corrected chi connectivity index (χ1v) is 8.44. The van der Waals surface area contributed by atoms with Crippen LogP contribution in [0.15, 0.2) is 36.4 Å². The van der Waals surface area contributed by atoms with Gasteiger partial charge in [0.1, 0.15) is 5.75 Å². The first-order chi connectivity index (χ1) is 10.2. The molecule has 0 bridgehead atoms. The monoisotopic (exact) mass is 284 g/mol. The van der Waals surface area contributed by atoms with Gasteiger partial charge in [-0.05, 0) is 23.3 Å². The van der Waals surface area contributed by atoms with Gasteiger partial charge < -0.3 is 5.11 Å². The fraction of sp³-hybridized carbons (Fsp3) is 0.500. The van der Waals surface area contributed by atoms with Gasteiger partial charge in [0, 0.05) is 5.39 Å². The molecule has 0 spiro atoms. The van der Waals surface area contributed by atoms with Crippen LogP contribution in [0.2, 0.25) is 0 Å². The van der Waals surface area contributed by atoms with Gasteiger partial charge in [-0.3, -0.25) is 0 Å². The van der Waals surface area contributed by atoms with Gasteiger partial charge >= 0.3 is 0 Å². The highest BCUT2D eigenvalue weighted by molar-refractivity contribution is 5.89. The summed E-state index contributed by atoms with van der Waals surface area (Å²) in [6.45, 7) is 4.49. The second-order valence-electron chi connectivity index (χ2n) is 6.18. The second kappa shape index (κ2) is 8.07. The summed E-state index contributed by atoms with van der Waals surface area (Å²) in [4.78, 5) is 0. The number of hydrogen-bond acceptors (Lipinski definition) is 1. The lowest BCUT2D eigenvalue weighted by atomic mass is 9.92. The molecule has 0 heterocycles. The van der Waals surface area contributed by atoms with Gasteiger partial charge in [0.05, 0.1) is 0 Å². The maximum Gasteiger partial charge on any atom is 0.126 e. The first-order valence-electron chi connectivity index (χ1n) is 8.44. The molecule has 0 saturated carbocycles. The molecule has 1 N–H and O–H groups in total. The van der Waals surface area contributed by atoms with Crippen LogP contribution < -0.4 is 0 Å². The van der Waals surface area contributed by atoms with Gasteiger partial charge in [0.15, 0.2) is 0 Å². The Kier molecular flexibility index (Phi) is 6.10. The van der Waals surface area contributed by atoms with Gasteiger partial charge in [-0.15, -0.1) is 0 Å². The Morgan fingerprint density at radius 1 is 0.905 bits per heavy atom. The van der Waals surface area contributed by atoms with E-state index < -0.39 is 0 Å². The summed E-state index contributed by atoms with van der Waals surface area (Å²) >= 11 is 0. The number of aromatic hydroxyl groups is 1. The SMILES string of the molecule is CCCCCCCCC(C)c1ccc2ccccc2c1O. The summed E-state index contributed by atoms with van der Waals surface area (Å²) < 4.78 is 0. The fourth-order valence-electron chi connectivity index (χ4n) is 3.06. The van der Waals surface area contributed by atoms with Crippen molar-refractivity contribution >= 4 is 10.8 Å². The van der Waals surface area contributed by atoms with Crippen LogP contribution in [0.25, 0.3) is 10.8 Å². The molecule has 0 fully saturated rings. The van der Waals surface area contributed by atoms with E-state index in [9.17, 15) is 5.11 Å². The summed E-state index contributed by atoms with van der Waals surface area (Å²) in [5, 5.41) is 12.6. The number of benzene rings is 2. The molecule has 1 nitrogen and oxygen atoms in total. The smallest absolute Gasteiger partial charge is 0.126 e. The maximum absolute atomic E-state index is 10.5. The van der Waals surface area contributed by atoms with Crippen molar-refractivity contribution < 1.29 is 5.11 Å². The van der Waals surface area contributed by atoms with Crippen molar-refractivity contribution in [1.82, 2.24) is 0 Å². The Labute approximate surface area is 129 Å². The zero-order valence-corrected chi connectivity index (χ0v) is 13.4. The van der Waals surface area contributed by atoms with Gasteiger partial charge in [-0.2, -0.15) is 0 Å². The van der Waals surface area contributed by atoms with Crippen LogP contribution in [0.1, 0.15) is 70.3 Å². The van der Waals surface area contributed by atoms with Crippen molar-refractivity contribution in [2.24, 2.45) is 0 Å². The molecular formula is C20H28O. The maximum atomic E-state index is 10.5. The topological polar surface area (TPSA) is 20.2 Å². The molecule has 2 aromatic carbocycles. The lowest BCUT2D eigenvalue weighted by Crippen LogP contribution is -1.95. The molecule has 0 aliphatic carbocycles. The van der Waals surface area contributed by atoms with Crippen molar-refractivity contribution in [3.05, 3.63) is 42.0 Å². The molecule has 0 radical (unpaired) electrons. The molecule has 1 heteroatoms. The van der Waals surface area contributed by atoms with E-state index in [1.807, 2.05) is 18.2 Å². The third-order valence-corrected chi connectivity index (χ3v) is 4.45. The van der Waals surface area contributed by atoms with E-state index in [1.54, 1.807) is 0 Å². The minimum Gasteiger partial charge on any atom is -0.507 e. The van der Waals surface area contributed by atoms with E-state index in [2.05, 4.69) is 32.0 Å². The largest absolute Gasteiger partial charge is 0.507 e. The molecule has 2 rings (SSSR count). The quantitative estimate of drug-likeness (QED) is 0.556. The summed E-state index contributed by atoms with van der Waals surface area (Å²) in [7, 11) is 0. The average molecular weight is 284 g/mol. The minimum absolute atomic E-state index is 0.431. The zero-order chi connectivity index (χ0) is 15.1. The second-order valence-corrected chi connectivity index (χ2v) is 6.18. The van der Waals surface area contributed by atoms with Crippen molar-refractivity contribution in [2.75, 3.05) is 0 Å². The number of phenols is 1. The standard InChI is InChI=1S/C20H28O/c1-3-4-5-6-7-8-11-16(2)18-15-14-17-12-9-10-13-19(17)20(18)21/h9-10,12-16,21H,3-8,11H2,1-2H3. The van der Waals surface area contributed by atoms with Crippen molar-refractivity contribution in [3.63, 3.8) is 0 Å².